The molecule has 3 aliphatic rings. The molecule has 0 bridgehead atoms. The first-order valence-electron chi connectivity index (χ1n) is 14.7. The van der Waals surface area contributed by atoms with Crippen LogP contribution < -0.4 is 0 Å². The van der Waals surface area contributed by atoms with Gasteiger partial charge in [0.15, 0.2) is 0 Å². The molecule has 0 N–H and O–H groups in total. The lowest BCUT2D eigenvalue weighted by Crippen LogP contribution is -2.34. The summed E-state index contributed by atoms with van der Waals surface area (Å²) in [7, 11) is 0. The van der Waals surface area contributed by atoms with E-state index in [1.807, 2.05) is 0 Å². The van der Waals surface area contributed by atoms with Gasteiger partial charge >= 0.3 is 5.97 Å². The standard InChI is InChI=1S/C30H51NO2/c1-3-5-6-7-8-20-30(23-31)21-18-28(19-22-30)33-29(32)27-16-14-26(15-17-27)25-12-10-24(9-4-2)11-13-25/h24-28H,3-22H2,1-2H3/t24-,25-,26-,27-,28?,30?. The molecular weight excluding hydrogens is 406 g/mol. The Hall–Kier alpha value is -1.04. The second-order valence-corrected chi connectivity index (χ2v) is 11.9. The molecule has 3 aliphatic carbocycles. The Morgan fingerprint density at radius 3 is 2.00 bits per heavy atom. The highest BCUT2D eigenvalue weighted by Gasteiger charge is 2.38. The SMILES string of the molecule is CCCCCCCC1(C#N)CCC(OC(=O)[C@H]2CC[C@H]([C@H]3CC[C@H](CCC)CC3)CC2)CC1. The molecule has 0 aromatic rings. The first-order chi connectivity index (χ1) is 16.1. The van der Waals surface area contributed by atoms with E-state index in [1.165, 1.54) is 83.5 Å². The molecule has 0 aromatic carbocycles. The summed E-state index contributed by atoms with van der Waals surface area (Å²) in [6.45, 7) is 4.55. The van der Waals surface area contributed by atoms with Crippen molar-refractivity contribution in [2.75, 3.05) is 0 Å². The predicted molar refractivity (Wildman–Crippen MR) is 136 cm³/mol. The van der Waals surface area contributed by atoms with Crippen LogP contribution >= 0.6 is 0 Å². The maximum Gasteiger partial charge on any atom is 0.309 e. The van der Waals surface area contributed by atoms with Crippen LogP contribution in [-0.2, 0) is 9.53 Å². The first kappa shape index (κ1) is 26.6. The molecule has 3 fully saturated rings. The van der Waals surface area contributed by atoms with Gasteiger partial charge in [0, 0.05) is 0 Å². The van der Waals surface area contributed by atoms with E-state index in [1.54, 1.807) is 0 Å². The van der Waals surface area contributed by atoms with Crippen LogP contribution in [-0.4, -0.2) is 12.1 Å². The number of unbranched alkanes of at least 4 members (excludes halogenated alkanes) is 4. The van der Waals surface area contributed by atoms with E-state index in [0.717, 1.165) is 62.7 Å². The van der Waals surface area contributed by atoms with Gasteiger partial charge in [-0.15, -0.1) is 0 Å². The quantitative estimate of drug-likeness (QED) is 0.230. The molecule has 0 amide bonds. The molecular formula is C30H51NO2. The van der Waals surface area contributed by atoms with Gasteiger partial charge in [-0.05, 0) is 88.4 Å². The Bertz CT molecular complexity index is 599. The zero-order valence-corrected chi connectivity index (χ0v) is 21.8. The van der Waals surface area contributed by atoms with Crippen molar-refractivity contribution in [3.63, 3.8) is 0 Å². The fourth-order valence-electron chi connectivity index (χ4n) is 7.19. The van der Waals surface area contributed by atoms with Gasteiger partial charge < -0.3 is 4.74 Å². The summed E-state index contributed by atoms with van der Waals surface area (Å²) in [4.78, 5) is 12.9. The molecule has 3 heteroatoms. The number of esters is 1. The van der Waals surface area contributed by atoms with Crippen LogP contribution in [0.3, 0.4) is 0 Å². The van der Waals surface area contributed by atoms with Gasteiger partial charge in [0.1, 0.15) is 6.10 Å². The molecule has 0 heterocycles. The number of hydrogen-bond acceptors (Lipinski definition) is 3. The van der Waals surface area contributed by atoms with Crippen LogP contribution in [0.15, 0.2) is 0 Å². The van der Waals surface area contributed by atoms with Crippen molar-refractivity contribution in [1.29, 1.82) is 5.26 Å². The van der Waals surface area contributed by atoms with E-state index in [9.17, 15) is 10.1 Å². The lowest BCUT2D eigenvalue weighted by atomic mass is 9.68. The van der Waals surface area contributed by atoms with Gasteiger partial charge in [-0.1, -0.05) is 71.6 Å². The van der Waals surface area contributed by atoms with Gasteiger partial charge in [-0.2, -0.15) is 5.26 Å². The molecule has 0 aromatic heterocycles. The average molecular weight is 458 g/mol. The first-order valence-corrected chi connectivity index (χ1v) is 14.7. The maximum atomic E-state index is 12.9. The highest BCUT2D eigenvalue weighted by molar-refractivity contribution is 5.72. The van der Waals surface area contributed by atoms with Crippen LogP contribution in [0.5, 0.6) is 0 Å². The minimum absolute atomic E-state index is 0.0469. The predicted octanol–water partition coefficient (Wildman–Crippen LogP) is 8.76. The molecule has 0 atom stereocenters. The minimum Gasteiger partial charge on any atom is -0.462 e. The van der Waals surface area contributed by atoms with Crippen molar-refractivity contribution in [3.05, 3.63) is 0 Å². The van der Waals surface area contributed by atoms with Crippen molar-refractivity contribution >= 4 is 5.97 Å². The summed E-state index contributed by atoms with van der Waals surface area (Å²) >= 11 is 0. The van der Waals surface area contributed by atoms with Crippen LogP contribution in [0.2, 0.25) is 0 Å². The fourth-order valence-corrected chi connectivity index (χ4v) is 7.19. The lowest BCUT2D eigenvalue weighted by Gasteiger charge is -2.38. The van der Waals surface area contributed by atoms with E-state index < -0.39 is 0 Å². The van der Waals surface area contributed by atoms with Crippen molar-refractivity contribution in [2.24, 2.45) is 29.1 Å². The Kier molecular flexibility index (Phi) is 11.1. The number of hydrogen-bond donors (Lipinski definition) is 0. The Labute approximate surface area is 204 Å². The number of ether oxygens (including phenoxy) is 1. The number of carbonyl (C=O) groups excluding carboxylic acids is 1. The van der Waals surface area contributed by atoms with Crippen molar-refractivity contribution in [2.45, 2.75) is 148 Å². The molecule has 0 aliphatic heterocycles. The lowest BCUT2D eigenvalue weighted by molar-refractivity contribution is -0.158. The van der Waals surface area contributed by atoms with Gasteiger partial charge in [0.05, 0.1) is 17.4 Å². The van der Waals surface area contributed by atoms with Crippen LogP contribution in [0.1, 0.15) is 142 Å². The van der Waals surface area contributed by atoms with Gasteiger partial charge in [0.2, 0.25) is 0 Å². The maximum absolute atomic E-state index is 12.9. The van der Waals surface area contributed by atoms with Crippen LogP contribution in [0, 0.1) is 40.4 Å². The minimum atomic E-state index is -0.163. The van der Waals surface area contributed by atoms with Crippen molar-refractivity contribution in [1.82, 2.24) is 0 Å². The van der Waals surface area contributed by atoms with Gasteiger partial charge in [0.25, 0.3) is 0 Å². The summed E-state index contributed by atoms with van der Waals surface area (Å²) in [6, 6.07) is 2.65. The van der Waals surface area contributed by atoms with Crippen molar-refractivity contribution in [3.8, 4) is 6.07 Å². The zero-order chi connectivity index (χ0) is 23.5. The molecule has 188 valence electrons. The van der Waals surface area contributed by atoms with E-state index in [0.29, 0.717) is 0 Å². The summed E-state index contributed by atoms with van der Waals surface area (Å²) in [5, 5.41) is 9.83. The Balaban J connectivity index is 1.33. The van der Waals surface area contributed by atoms with Crippen molar-refractivity contribution < 1.29 is 9.53 Å². The number of nitriles is 1. The summed E-state index contributed by atoms with van der Waals surface area (Å²) in [5.74, 6) is 2.93. The van der Waals surface area contributed by atoms with E-state index in [4.69, 9.17) is 4.74 Å². The molecule has 0 radical (unpaired) electrons. The summed E-state index contributed by atoms with van der Waals surface area (Å²) < 4.78 is 6.00. The molecule has 33 heavy (non-hydrogen) atoms. The number of carbonyl (C=O) groups is 1. The summed E-state index contributed by atoms with van der Waals surface area (Å²) in [6.07, 6.45) is 23.9. The van der Waals surface area contributed by atoms with Crippen LogP contribution in [0.25, 0.3) is 0 Å². The third-order valence-electron chi connectivity index (χ3n) is 9.53. The van der Waals surface area contributed by atoms with Crippen LogP contribution in [0.4, 0.5) is 0 Å². The fraction of sp³-hybridized carbons (Fsp3) is 0.933. The second-order valence-electron chi connectivity index (χ2n) is 11.9. The topological polar surface area (TPSA) is 50.1 Å². The van der Waals surface area contributed by atoms with E-state index >= 15 is 0 Å². The average Bonchev–Trinajstić information content (AvgIpc) is 2.86. The van der Waals surface area contributed by atoms with Gasteiger partial charge in [-0.3, -0.25) is 4.79 Å². The number of nitrogens with zero attached hydrogens (tertiary/aromatic N) is 1. The summed E-state index contributed by atoms with van der Waals surface area (Å²) in [5.41, 5.74) is -0.163. The third kappa shape index (κ3) is 8.00. The Morgan fingerprint density at radius 1 is 0.818 bits per heavy atom. The number of rotatable bonds is 11. The Morgan fingerprint density at radius 2 is 1.42 bits per heavy atom. The zero-order valence-electron chi connectivity index (χ0n) is 21.8. The third-order valence-corrected chi connectivity index (χ3v) is 9.53. The van der Waals surface area contributed by atoms with Gasteiger partial charge in [-0.25, -0.2) is 0 Å². The largest absolute Gasteiger partial charge is 0.462 e. The van der Waals surface area contributed by atoms with E-state index in [2.05, 4.69) is 19.9 Å². The molecule has 3 saturated carbocycles. The second kappa shape index (κ2) is 13.7. The highest BCUT2D eigenvalue weighted by atomic mass is 16.5. The molecule has 0 saturated heterocycles. The monoisotopic (exact) mass is 457 g/mol. The molecule has 3 rings (SSSR count). The molecule has 0 spiro atoms. The highest BCUT2D eigenvalue weighted by Crippen LogP contribution is 2.44. The smallest absolute Gasteiger partial charge is 0.309 e. The molecule has 3 nitrogen and oxygen atoms in total. The normalized spacial score (nSPS) is 35.0. The van der Waals surface area contributed by atoms with E-state index in [-0.39, 0.29) is 23.4 Å². The molecule has 0 unspecified atom stereocenters.